The normalized spacial score (nSPS) is 10.8. The number of aryl methyl sites for hydroxylation is 3. The van der Waals surface area contributed by atoms with E-state index in [0.29, 0.717) is 18.7 Å². The SMILES string of the molecule is Cc1ccc(C(=O)CCC(=O)NCc2c(C)nn(Cc3ccccc3)c2C)cc1C. The van der Waals surface area contributed by atoms with Crippen LogP contribution in [0, 0.1) is 27.7 Å². The average Bonchev–Trinajstić information content (AvgIpc) is 3.00. The maximum Gasteiger partial charge on any atom is 0.220 e. The van der Waals surface area contributed by atoms with Crippen molar-refractivity contribution in [3.63, 3.8) is 0 Å². The van der Waals surface area contributed by atoms with Crippen molar-refractivity contribution in [2.24, 2.45) is 0 Å². The third kappa shape index (κ3) is 5.23. The number of Topliss-reactive ketones (excluding diaryl/α,β-unsaturated/α-hetero) is 1. The molecule has 2 aromatic carbocycles. The van der Waals surface area contributed by atoms with Crippen LogP contribution in [0.5, 0.6) is 0 Å². The lowest BCUT2D eigenvalue weighted by Crippen LogP contribution is -2.24. The smallest absolute Gasteiger partial charge is 0.220 e. The molecule has 0 spiro atoms. The third-order valence-corrected chi connectivity index (χ3v) is 5.58. The van der Waals surface area contributed by atoms with Gasteiger partial charge in [-0.15, -0.1) is 0 Å². The minimum atomic E-state index is -0.123. The number of hydrogen-bond donors (Lipinski definition) is 1. The van der Waals surface area contributed by atoms with Crippen LogP contribution < -0.4 is 5.32 Å². The highest BCUT2D eigenvalue weighted by molar-refractivity contribution is 5.98. The summed E-state index contributed by atoms with van der Waals surface area (Å²) in [6, 6.07) is 15.8. The van der Waals surface area contributed by atoms with Gasteiger partial charge in [0.05, 0.1) is 12.2 Å². The average molecular weight is 404 g/mol. The molecule has 0 bridgehead atoms. The van der Waals surface area contributed by atoms with Crippen LogP contribution in [0.15, 0.2) is 48.5 Å². The molecule has 0 saturated carbocycles. The monoisotopic (exact) mass is 403 g/mol. The number of rotatable bonds is 8. The van der Waals surface area contributed by atoms with Crippen molar-refractivity contribution < 1.29 is 9.59 Å². The maximum absolute atomic E-state index is 12.4. The van der Waals surface area contributed by atoms with Crippen LogP contribution in [0.4, 0.5) is 0 Å². The van der Waals surface area contributed by atoms with Crippen molar-refractivity contribution >= 4 is 11.7 Å². The molecular weight excluding hydrogens is 374 g/mol. The number of carbonyl (C=O) groups is 2. The molecule has 0 aliphatic heterocycles. The van der Waals surface area contributed by atoms with Gasteiger partial charge in [-0.1, -0.05) is 42.5 Å². The molecule has 0 fully saturated rings. The summed E-state index contributed by atoms with van der Waals surface area (Å²) in [5.74, 6) is -0.127. The van der Waals surface area contributed by atoms with Gasteiger partial charge in [-0.25, -0.2) is 0 Å². The molecule has 1 amide bonds. The molecule has 30 heavy (non-hydrogen) atoms. The molecular formula is C25H29N3O2. The van der Waals surface area contributed by atoms with Crippen molar-refractivity contribution in [3.05, 3.63) is 87.7 Å². The number of nitrogens with zero attached hydrogens (tertiary/aromatic N) is 2. The second-order valence-corrected chi connectivity index (χ2v) is 7.79. The van der Waals surface area contributed by atoms with E-state index in [1.54, 1.807) is 0 Å². The van der Waals surface area contributed by atoms with E-state index in [0.717, 1.165) is 28.1 Å². The van der Waals surface area contributed by atoms with Crippen LogP contribution in [0.25, 0.3) is 0 Å². The van der Waals surface area contributed by atoms with Crippen molar-refractivity contribution in [1.82, 2.24) is 15.1 Å². The van der Waals surface area contributed by atoms with Gasteiger partial charge in [0, 0.05) is 36.2 Å². The van der Waals surface area contributed by atoms with Crippen LogP contribution in [-0.2, 0) is 17.9 Å². The Balaban J connectivity index is 1.54. The zero-order valence-corrected chi connectivity index (χ0v) is 18.2. The first-order valence-electron chi connectivity index (χ1n) is 10.3. The fourth-order valence-electron chi connectivity index (χ4n) is 3.46. The Morgan fingerprint density at radius 1 is 0.933 bits per heavy atom. The maximum atomic E-state index is 12.4. The summed E-state index contributed by atoms with van der Waals surface area (Å²) in [7, 11) is 0. The molecule has 5 heteroatoms. The summed E-state index contributed by atoms with van der Waals surface area (Å²) >= 11 is 0. The predicted molar refractivity (Wildman–Crippen MR) is 119 cm³/mol. The van der Waals surface area contributed by atoms with E-state index in [-0.39, 0.29) is 24.5 Å². The predicted octanol–water partition coefficient (Wildman–Crippen LogP) is 4.44. The van der Waals surface area contributed by atoms with Crippen molar-refractivity contribution in [2.45, 2.75) is 53.6 Å². The molecule has 5 nitrogen and oxygen atoms in total. The zero-order valence-electron chi connectivity index (χ0n) is 18.2. The summed E-state index contributed by atoms with van der Waals surface area (Å²) in [6.45, 7) is 9.10. The molecule has 3 aromatic rings. The first-order chi connectivity index (χ1) is 14.3. The third-order valence-electron chi connectivity index (χ3n) is 5.58. The highest BCUT2D eigenvalue weighted by Crippen LogP contribution is 2.15. The van der Waals surface area contributed by atoms with Gasteiger partial charge in [0.1, 0.15) is 0 Å². The number of hydrogen-bond acceptors (Lipinski definition) is 3. The number of aromatic nitrogens is 2. The van der Waals surface area contributed by atoms with Crippen molar-refractivity contribution in [2.75, 3.05) is 0 Å². The zero-order chi connectivity index (χ0) is 21.7. The van der Waals surface area contributed by atoms with Gasteiger partial charge in [-0.05, 0) is 50.5 Å². The molecule has 0 radical (unpaired) electrons. The second-order valence-electron chi connectivity index (χ2n) is 7.79. The second kappa shape index (κ2) is 9.53. The summed E-state index contributed by atoms with van der Waals surface area (Å²) in [5.41, 5.74) is 7.08. The molecule has 1 heterocycles. The Kier molecular flexibility index (Phi) is 6.83. The van der Waals surface area contributed by atoms with Crippen LogP contribution in [-0.4, -0.2) is 21.5 Å². The van der Waals surface area contributed by atoms with Gasteiger partial charge in [0.2, 0.25) is 5.91 Å². The lowest BCUT2D eigenvalue weighted by atomic mass is 10.0. The van der Waals surface area contributed by atoms with Crippen LogP contribution in [0.3, 0.4) is 0 Å². The number of benzene rings is 2. The Morgan fingerprint density at radius 3 is 2.37 bits per heavy atom. The Bertz CT molecular complexity index is 1050. The summed E-state index contributed by atoms with van der Waals surface area (Å²) in [6.07, 6.45) is 0.390. The van der Waals surface area contributed by atoms with Gasteiger partial charge in [-0.2, -0.15) is 5.10 Å². The minimum absolute atomic E-state index is 0.00343. The Morgan fingerprint density at radius 2 is 1.67 bits per heavy atom. The molecule has 0 unspecified atom stereocenters. The number of carbonyl (C=O) groups excluding carboxylic acids is 2. The van der Waals surface area contributed by atoms with E-state index in [4.69, 9.17) is 0 Å². The molecule has 0 saturated heterocycles. The van der Waals surface area contributed by atoms with E-state index in [9.17, 15) is 9.59 Å². The van der Waals surface area contributed by atoms with Gasteiger partial charge in [0.15, 0.2) is 5.78 Å². The first-order valence-corrected chi connectivity index (χ1v) is 10.3. The fourth-order valence-corrected chi connectivity index (χ4v) is 3.46. The lowest BCUT2D eigenvalue weighted by Gasteiger charge is -2.08. The van der Waals surface area contributed by atoms with Crippen molar-refractivity contribution in [3.8, 4) is 0 Å². The van der Waals surface area contributed by atoms with Crippen LogP contribution in [0.1, 0.15) is 56.8 Å². The first kappa shape index (κ1) is 21.5. The lowest BCUT2D eigenvalue weighted by molar-refractivity contribution is -0.121. The van der Waals surface area contributed by atoms with Gasteiger partial charge < -0.3 is 5.32 Å². The van der Waals surface area contributed by atoms with Gasteiger partial charge in [0.25, 0.3) is 0 Å². The van der Waals surface area contributed by atoms with E-state index in [1.807, 2.05) is 68.8 Å². The highest BCUT2D eigenvalue weighted by Gasteiger charge is 2.14. The molecule has 1 N–H and O–H groups in total. The Labute approximate surface area is 178 Å². The topological polar surface area (TPSA) is 64.0 Å². The summed E-state index contributed by atoms with van der Waals surface area (Å²) < 4.78 is 1.97. The van der Waals surface area contributed by atoms with E-state index in [2.05, 4.69) is 22.5 Å². The number of ketones is 1. The fraction of sp³-hybridized carbons (Fsp3) is 0.320. The number of amides is 1. The van der Waals surface area contributed by atoms with Crippen molar-refractivity contribution in [1.29, 1.82) is 0 Å². The molecule has 0 aliphatic rings. The standard InChI is InChI=1S/C25H29N3O2/c1-17-10-11-22(14-18(17)2)24(29)12-13-25(30)26-15-23-19(3)27-28(20(23)4)16-21-8-6-5-7-9-21/h5-11,14H,12-13,15-16H2,1-4H3,(H,26,30). The van der Waals surface area contributed by atoms with Crippen LogP contribution >= 0.6 is 0 Å². The molecule has 0 atom stereocenters. The summed E-state index contributed by atoms with van der Waals surface area (Å²) in [5, 5.41) is 7.56. The van der Waals surface area contributed by atoms with Crippen LogP contribution in [0.2, 0.25) is 0 Å². The van der Waals surface area contributed by atoms with Gasteiger partial charge in [-0.3, -0.25) is 14.3 Å². The minimum Gasteiger partial charge on any atom is -0.352 e. The molecule has 1 aromatic heterocycles. The van der Waals surface area contributed by atoms with E-state index in [1.165, 1.54) is 5.56 Å². The summed E-state index contributed by atoms with van der Waals surface area (Å²) in [4.78, 5) is 24.7. The largest absolute Gasteiger partial charge is 0.352 e. The van der Waals surface area contributed by atoms with E-state index < -0.39 is 0 Å². The molecule has 3 rings (SSSR count). The Hall–Kier alpha value is -3.21. The highest BCUT2D eigenvalue weighted by atomic mass is 16.2. The number of nitrogens with one attached hydrogen (secondary N) is 1. The molecule has 156 valence electrons. The van der Waals surface area contributed by atoms with Gasteiger partial charge >= 0.3 is 0 Å². The molecule has 0 aliphatic carbocycles. The quantitative estimate of drug-likeness (QED) is 0.566. The van der Waals surface area contributed by atoms with E-state index >= 15 is 0 Å².